The number of hydrogen-bond donors (Lipinski definition) is 2. The van der Waals surface area contributed by atoms with Crippen molar-refractivity contribution in [1.82, 2.24) is 4.90 Å². The first-order valence-electron chi connectivity index (χ1n) is 13.9. The maximum absolute atomic E-state index is 17.3. The highest BCUT2D eigenvalue weighted by molar-refractivity contribution is 6.01. The highest BCUT2D eigenvalue weighted by atomic mass is 19.1. The van der Waals surface area contributed by atoms with Crippen molar-refractivity contribution < 1.29 is 28.6 Å². The van der Waals surface area contributed by atoms with Gasteiger partial charge in [0.15, 0.2) is 17.2 Å². The fourth-order valence-electron chi connectivity index (χ4n) is 9.37. The molecule has 0 aromatic heterocycles. The van der Waals surface area contributed by atoms with Crippen molar-refractivity contribution >= 4 is 11.6 Å². The molecule has 1 saturated heterocycles. The third-order valence-electron chi connectivity index (χ3n) is 10.9. The summed E-state index contributed by atoms with van der Waals surface area (Å²) < 4.78 is 32.9. The first kappa shape index (κ1) is 26.2. The van der Waals surface area contributed by atoms with Gasteiger partial charge in [0.1, 0.15) is 12.8 Å². The SMILES string of the molecule is CCCC(CCC)N1CC2CC3C(CC(O)C4(F)C3CC(F)C3=CC(=O)C=CC34C)C2(C(=O)CO)C1. The lowest BCUT2D eigenvalue weighted by Gasteiger charge is -2.60. The molecule has 1 heterocycles. The molecule has 4 aliphatic carbocycles. The van der Waals surface area contributed by atoms with Crippen LogP contribution in [0.2, 0.25) is 0 Å². The van der Waals surface area contributed by atoms with Crippen LogP contribution in [0.1, 0.15) is 65.7 Å². The summed E-state index contributed by atoms with van der Waals surface area (Å²) >= 11 is 0. The first-order valence-corrected chi connectivity index (χ1v) is 13.9. The Labute approximate surface area is 213 Å². The molecule has 2 N–H and O–H groups in total. The lowest BCUT2D eigenvalue weighted by Crippen LogP contribution is -2.67. The molecule has 3 saturated carbocycles. The molecular weight excluding hydrogens is 464 g/mol. The minimum absolute atomic E-state index is 0.0378. The number of alkyl halides is 2. The third-order valence-corrected chi connectivity index (χ3v) is 10.9. The van der Waals surface area contributed by atoms with Crippen molar-refractivity contribution in [2.24, 2.45) is 34.5 Å². The zero-order valence-electron chi connectivity index (χ0n) is 21.8. The van der Waals surface area contributed by atoms with E-state index in [0.717, 1.165) is 32.2 Å². The standard InChI is InChI=1S/C29H41F2NO4/c1-4-6-18(7-5-2)32-14-17-10-20-21(28(17,16-32)26(36)15-33)13-25(35)29(31)22(20)12-24(30)23-11-19(34)8-9-27(23,29)3/h8-9,11,17-18,20-22,24-25,33,35H,4-7,10,12-16H2,1-3H3. The molecule has 0 aromatic rings. The molecule has 4 fully saturated rings. The van der Waals surface area contributed by atoms with Crippen LogP contribution in [0, 0.1) is 34.5 Å². The number of allylic oxidation sites excluding steroid dienone is 4. The largest absolute Gasteiger partial charge is 0.390 e. The number of aliphatic hydroxyl groups is 2. The van der Waals surface area contributed by atoms with E-state index in [1.165, 1.54) is 18.2 Å². The van der Waals surface area contributed by atoms with E-state index in [2.05, 4.69) is 18.7 Å². The second kappa shape index (κ2) is 9.09. The maximum Gasteiger partial charge on any atom is 0.178 e. The molecule has 7 heteroatoms. The normalized spacial score (nSPS) is 45.8. The molecule has 5 aliphatic rings. The molecule has 1 aliphatic heterocycles. The van der Waals surface area contributed by atoms with Crippen LogP contribution in [-0.4, -0.2) is 70.4 Å². The van der Waals surface area contributed by atoms with Gasteiger partial charge in [0.05, 0.1) is 11.5 Å². The number of halogens is 2. The van der Waals surface area contributed by atoms with Crippen molar-refractivity contribution in [3.05, 3.63) is 23.8 Å². The van der Waals surface area contributed by atoms with Gasteiger partial charge < -0.3 is 10.2 Å². The van der Waals surface area contributed by atoms with Crippen molar-refractivity contribution in [1.29, 1.82) is 0 Å². The van der Waals surface area contributed by atoms with Crippen LogP contribution < -0.4 is 0 Å². The maximum atomic E-state index is 17.3. The Morgan fingerprint density at radius 1 is 1.19 bits per heavy atom. The fourth-order valence-corrected chi connectivity index (χ4v) is 9.37. The summed E-state index contributed by atoms with van der Waals surface area (Å²) in [7, 11) is 0. The van der Waals surface area contributed by atoms with Gasteiger partial charge in [-0.2, -0.15) is 0 Å². The highest BCUT2D eigenvalue weighted by Gasteiger charge is 2.74. The summed E-state index contributed by atoms with van der Waals surface area (Å²) in [6.07, 6.45) is 5.90. The second-order valence-corrected chi connectivity index (χ2v) is 12.4. The summed E-state index contributed by atoms with van der Waals surface area (Å²) in [5.74, 6) is -1.91. The second-order valence-electron chi connectivity index (χ2n) is 12.4. The van der Waals surface area contributed by atoms with Gasteiger partial charge in [-0.3, -0.25) is 14.5 Å². The third kappa shape index (κ3) is 3.34. The Balaban J connectivity index is 1.53. The molecule has 9 unspecified atom stereocenters. The Morgan fingerprint density at radius 2 is 1.89 bits per heavy atom. The zero-order chi connectivity index (χ0) is 26.0. The molecule has 5 nitrogen and oxygen atoms in total. The molecule has 5 rings (SSSR count). The molecule has 0 bridgehead atoms. The predicted molar refractivity (Wildman–Crippen MR) is 133 cm³/mol. The number of Topliss-reactive ketones (excluding diaryl/α,β-unsaturated/α-hetero) is 1. The highest BCUT2D eigenvalue weighted by Crippen LogP contribution is 2.70. The Hall–Kier alpha value is -1.44. The van der Waals surface area contributed by atoms with Gasteiger partial charge in [0, 0.05) is 30.5 Å². The average molecular weight is 506 g/mol. The van der Waals surface area contributed by atoms with Crippen molar-refractivity contribution in [3.8, 4) is 0 Å². The monoisotopic (exact) mass is 505 g/mol. The van der Waals surface area contributed by atoms with E-state index in [-0.39, 0.29) is 47.7 Å². The van der Waals surface area contributed by atoms with E-state index in [1.807, 2.05) is 0 Å². The molecule has 9 atom stereocenters. The summed E-state index contributed by atoms with van der Waals surface area (Å²) in [5, 5.41) is 21.5. The van der Waals surface area contributed by atoms with E-state index >= 15 is 8.78 Å². The van der Waals surface area contributed by atoms with Crippen LogP contribution in [0.4, 0.5) is 8.78 Å². The number of rotatable bonds is 7. The van der Waals surface area contributed by atoms with Crippen molar-refractivity contribution in [2.45, 2.75) is 89.7 Å². The van der Waals surface area contributed by atoms with E-state index in [4.69, 9.17) is 0 Å². The zero-order valence-corrected chi connectivity index (χ0v) is 21.8. The molecular formula is C29H41F2NO4. The lowest BCUT2D eigenvalue weighted by molar-refractivity contribution is -0.188. The van der Waals surface area contributed by atoms with E-state index < -0.39 is 41.3 Å². The van der Waals surface area contributed by atoms with Crippen LogP contribution in [0.25, 0.3) is 0 Å². The Kier molecular flexibility index (Phi) is 6.61. The number of ketones is 2. The number of carbonyl (C=O) groups excluding carboxylic acids is 2. The van der Waals surface area contributed by atoms with Gasteiger partial charge in [-0.05, 0) is 74.5 Å². The van der Waals surface area contributed by atoms with Crippen LogP contribution in [-0.2, 0) is 9.59 Å². The average Bonchev–Trinajstić information content (AvgIpc) is 3.36. The molecule has 0 aromatic carbocycles. The van der Waals surface area contributed by atoms with E-state index in [0.29, 0.717) is 19.0 Å². The number of carbonyl (C=O) groups is 2. The smallest absolute Gasteiger partial charge is 0.178 e. The quantitative estimate of drug-likeness (QED) is 0.548. The Morgan fingerprint density at radius 3 is 2.53 bits per heavy atom. The summed E-state index contributed by atoms with van der Waals surface area (Å²) in [4.78, 5) is 27.9. The first-order chi connectivity index (χ1) is 17.1. The topological polar surface area (TPSA) is 77.8 Å². The van der Waals surface area contributed by atoms with Crippen molar-refractivity contribution in [3.63, 3.8) is 0 Å². The van der Waals surface area contributed by atoms with Gasteiger partial charge in [-0.15, -0.1) is 0 Å². The van der Waals surface area contributed by atoms with E-state index in [9.17, 15) is 19.8 Å². The van der Waals surface area contributed by atoms with Crippen LogP contribution in [0.15, 0.2) is 23.8 Å². The summed E-state index contributed by atoms with van der Waals surface area (Å²) in [6, 6.07) is 0.364. The number of aliphatic hydroxyl groups excluding tert-OH is 2. The minimum atomic E-state index is -2.12. The summed E-state index contributed by atoms with van der Waals surface area (Å²) in [6.45, 7) is 6.61. The number of fused-ring (bicyclic) bond motifs is 7. The van der Waals surface area contributed by atoms with Gasteiger partial charge in [0.2, 0.25) is 0 Å². The van der Waals surface area contributed by atoms with Crippen LogP contribution >= 0.6 is 0 Å². The van der Waals surface area contributed by atoms with Gasteiger partial charge in [-0.25, -0.2) is 8.78 Å². The predicted octanol–water partition coefficient (Wildman–Crippen LogP) is 3.97. The Bertz CT molecular complexity index is 976. The molecule has 36 heavy (non-hydrogen) atoms. The number of nitrogens with zero attached hydrogens (tertiary/aromatic N) is 1. The van der Waals surface area contributed by atoms with Gasteiger partial charge in [0.25, 0.3) is 0 Å². The minimum Gasteiger partial charge on any atom is -0.390 e. The van der Waals surface area contributed by atoms with Crippen LogP contribution in [0.3, 0.4) is 0 Å². The van der Waals surface area contributed by atoms with E-state index in [1.54, 1.807) is 6.92 Å². The molecule has 0 spiro atoms. The number of likely N-dealkylation sites (tertiary alicyclic amines) is 1. The molecule has 0 radical (unpaired) electrons. The van der Waals surface area contributed by atoms with Crippen molar-refractivity contribution in [2.75, 3.05) is 19.7 Å². The van der Waals surface area contributed by atoms with Crippen LogP contribution in [0.5, 0.6) is 0 Å². The van der Waals surface area contributed by atoms with Gasteiger partial charge >= 0.3 is 0 Å². The fraction of sp³-hybridized carbons (Fsp3) is 0.793. The summed E-state index contributed by atoms with van der Waals surface area (Å²) in [5.41, 5.74) is -4.23. The van der Waals surface area contributed by atoms with Gasteiger partial charge in [-0.1, -0.05) is 32.8 Å². The molecule has 0 amide bonds. The molecule has 200 valence electrons. The number of hydrogen-bond acceptors (Lipinski definition) is 5. The lowest BCUT2D eigenvalue weighted by atomic mass is 9.47.